The van der Waals surface area contributed by atoms with Gasteiger partial charge >= 0.3 is 0 Å². The van der Waals surface area contributed by atoms with E-state index in [0.29, 0.717) is 0 Å². The van der Waals surface area contributed by atoms with Crippen molar-refractivity contribution in [2.24, 2.45) is 5.73 Å². The topological polar surface area (TPSA) is 32.5 Å². The second-order valence-electron chi connectivity index (χ2n) is 5.51. The first kappa shape index (κ1) is 21.8. The maximum Gasteiger partial charge on any atom is 0.0426 e. The number of halogens is 3. The fourth-order valence-electron chi connectivity index (χ4n) is 2.74. The largest absolute Gasteiger partial charge is 0.369 e. The molecule has 2 rings (SSSR count). The van der Waals surface area contributed by atoms with Crippen LogP contribution in [0.15, 0.2) is 24.3 Å². The Morgan fingerprint density at radius 2 is 1.64 bits per heavy atom. The van der Waals surface area contributed by atoms with Crippen LogP contribution in [0.3, 0.4) is 0 Å². The Balaban J connectivity index is 0.00000220. The summed E-state index contributed by atoms with van der Waals surface area (Å²) in [5, 5.41) is 0.824. The highest BCUT2D eigenvalue weighted by Crippen LogP contribution is 2.20. The Hall–Kier alpha value is -0.190. The summed E-state index contributed by atoms with van der Waals surface area (Å²) >= 11 is 6.06. The van der Waals surface area contributed by atoms with Gasteiger partial charge in [0.2, 0.25) is 0 Å². The molecule has 0 atom stereocenters. The van der Waals surface area contributed by atoms with Crippen LogP contribution in [0, 0.1) is 0 Å². The molecule has 6 heteroatoms. The summed E-state index contributed by atoms with van der Waals surface area (Å²) in [6.07, 6.45) is 5.06. The van der Waals surface area contributed by atoms with Crippen molar-refractivity contribution in [1.29, 1.82) is 0 Å². The minimum absolute atomic E-state index is 0. The maximum absolute atomic E-state index is 6.06. The van der Waals surface area contributed by atoms with Crippen molar-refractivity contribution in [1.82, 2.24) is 4.90 Å². The average Bonchev–Trinajstić information content (AvgIpc) is 2.48. The van der Waals surface area contributed by atoms with Crippen molar-refractivity contribution < 1.29 is 0 Å². The van der Waals surface area contributed by atoms with Gasteiger partial charge in [-0.15, -0.1) is 24.8 Å². The Kier molecular flexibility index (Phi) is 12.2. The van der Waals surface area contributed by atoms with Gasteiger partial charge in [-0.2, -0.15) is 0 Å². The molecule has 1 saturated heterocycles. The summed E-state index contributed by atoms with van der Waals surface area (Å²) in [5.74, 6) is 0. The summed E-state index contributed by atoms with van der Waals surface area (Å²) in [6, 6.07) is 8.17. The molecule has 0 unspecified atom stereocenters. The van der Waals surface area contributed by atoms with Gasteiger partial charge in [-0.25, -0.2) is 0 Å². The van der Waals surface area contributed by atoms with Crippen molar-refractivity contribution in [3.63, 3.8) is 0 Å². The normalized spacial score (nSPS) is 15.1. The molecular weight excluding hydrogens is 341 g/mol. The molecule has 0 saturated carbocycles. The van der Waals surface area contributed by atoms with Crippen LogP contribution in [-0.2, 0) is 0 Å². The predicted molar refractivity (Wildman–Crippen MR) is 102 cm³/mol. The number of nitrogens with two attached hydrogens (primary N) is 1. The number of benzene rings is 1. The van der Waals surface area contributed by atoms with Gasteiger partial charge in [0.15, 0.2) is 0 Å². The van der Waals surface area contributed by atoms with Gasteiger partial charge in [0.05, 0.1) is 0 Å². The molecule has 1 aromatic carbocycles. The molecule has 0 aromatic heterocycles. The first-order chi connectivity index (χ1) is 9.79. The van der Waals surface area contributed by atoms with E-state index in [1.54, 1.807) is 0 Å². The third-order valence-electron chi connectivity index (χ3n) is 3.97. The van der Waals surface area contributed by atoms with E-state index in [-0.39, 0.29) is 24.8 Å². The number of hydrogen-bond donors (Lipinski definition) is 1. The van der Waals surface area contributed by atoms with E-state index in [1.165, 1.54) is 37.9 Å². The van der Waals surface area contributed by atoms with Gasteiger partial charge in [-0.3, -0.25) is 4.90 Å². The van der Waals surface area contributed by atoms with Gasteiger partial charge in [-0.1, -0.05) is 30.5 Å². The van der Waals surface area contributed by atoms with E-state index < -0.39 is 0 Å². The summed E-state index contributed by atoms with van der Waals surface area (Å²) in [5.41, 5.74) is 6.76. The molecule has 0 radical (unpaired) electrons. The zero-order valence-corrected chi connectivity index (χ0v) is 15.4. The lowest BCUT2D eigenvalue weighted by atomic mass is 10.1. The van der Waals surface area contributed by atoms with Crippen molar-refractivity contribution in [2.45, 2.75) is 25.7 Å². The van der Waals surface area contributed by atoms with E-state index >= 15 is 0 Å². The van der Waals surface area contributed by atoms with E-state index in [0.717, 1.165) is 37.7 Å². The number of nitrogens with zero attached hydrogens (tertiary/aromatic N) is 2. The molecule has 3 nitrogen and oxygen atoms in total. The van der Waals surface area contributed by atoms with Gasteiger partial charge in [0.25, 0.3) is 0 Å². The standard InChI is InChI=1S/C16H26ClN3.2ClH/c17-15-6-5-7-16(14-15)20-12-10-19(11-13-20)9-4-2-1-3-8-18;;/h5-7,14H,1-4,8-13,18H2;2*1H. The van der Waals surface area contributed by atoms with Crippen LogP contribution in [-0.4, -0.2) is 44.2 Å². The van der Waals surface area contributed by atoms with Crippen LogP contribution >= 0.6 is 36.4 Å². The number of anilines is 1. The SMILES string of the molecule is Cl.Cl.NCCCCCCN1CCN(c2cccc(Cl)c2)CC1. The lowest BCUT2D eigenvalue weighted by molar-refractivity contribution is 0.252. The van der Waals surface area contributed by atoms with E-state index in [4.69, 9.17) is 17.3 Å². The zero-order valence-electron chi connectivity index (χ0n) is 13.0. The first-order valence-corrected chi connectivity index (χ1v) is 8.10. The number of piperazine rings is 1. The van der Waals surface area contributed by atoms with Crippen LogP contribution < -0.4 is 10.6 Å². The second-order valence-corrected chi connectivity index (χ2v) is 5.95. The third kappa shape index (κ3) is 7.38. The van der Waals surface area contributed by atoms with Crippen molar-refractivity contribution >= 4 is 42.1 Å². The molecule has 128 valence electrons. The van der Waals surface area contributed by atoms with E-state index in [2.05, 4.69) is 21.9 Å². The van der Waals surface area contributed by atoms with Gasteiger partial charge in [0, 0.05) is 36.9 Å². The minimum Gasteiger partial charge on any atom is -0.369 e. The molecule has 0 spiro atoms. The zero-order chi connectivity index (χ0) is 14.2. The third-order valence-corrected chi connectivity index (χ3v) is 4.21. The maximum atomic E-state index is 6.06. The quantitative estimate of drug-likeness (QED) is 0.742. The van der Waals surface area contributed by atoms with Crippen LogP contribution in [0.4, 0.5) is 5.69 Å². The Morgan fingerprint density at radius 1 is 0.955 bits per heavy atom. The van der Waals surface area contributed by atoms with Crippen molar-refractivity contribution in [3.05, 3.63) is 29.3 Å². The van der Waals surface area contributed by atoms with Crippen molar-refractivity contribution in [3.8, 4) is 0 Å². The first-order valence-electron chi connectivity index (χ1n) is 7.72. The van der Waals surface area contributed by atoms with Crippen LogP contribution in [0.1, 0.15) is 25.7 Å². The monoisotopic (exact) mass is 367 g/mol. The highest BCUT2D eigenvalue weighted by Gasteiger charge is 2.16. The molecule has 1 aromatic rings. The molecule has 0 amide bonds. The van der Waals surface area contributed by atoms with Crippen molar-refractivity contribution in [2.75, 3.05) is 44.2 Å². The van der Waals surface area contributed by atoms with Gasteiger partial charge < -0.3 is 10.6 Å². The predicted octanol–water partition coefficient (Wildman–Crippen LogP) is 3.82. The Labute approximate surface area is 152 Å². The number of hydrogen-bond acceptors (Lipinski definition) is 3. The van der Waals surface area contributed by atoms with Crippen LogP contribution in [0.5, 0.6) is 0 Å². The molecule has 0 bridgehead atoms. The van der Waals surface area contributed by atoms with E-state index in [1.807, 2.05) is 12.1 Å². The Bertz CT molecular complexity index is 396. The fraction of sp³-hybridized carbons (Fsp3) is 0.625. The Morgan fingerprint density at radius 3 is 2.27 bits per heavy atom. The molecule has 0 aliphatic carbocycles. The summed E-state index contributed by atoms with van der Waals surface area (Å²) in [6.45, 7) is 6.57. The highest BCUT2D eigenvalue weighted by molar-refractivity contribution is 6.30. The second kappa shape index (κ2) is 12.3. The smallest absolute Gasteiger partial charge is 0.0426 e. The van der Waals surface area contributed by atoms with Gasteiger partial charge in [0.1, 0.15) is 0 Å². The average molecular weight is 369 g/mol. The number of rotatable bonds is 7. The summed E-state index contributed by atoms with van der Waals surface area (Å²) in [4.78, 5) is 5.00. The minimum atomic E-state index is 0. The molecule has 1 fully saturated rings. The molecule has 22 heavy (non-hydrogen) atoms. The molecule has 1 aliphatic rings. The number of unbranched alkanes of at least 4 members (excludes halogenated alkanes) is 3. The fourth-order valence-corrected chi connectivity index (χ4v) is 2.92. The highest BCUT2D eigenvalue weighted by atomic mass is 35.5. The van der Waals surface area contributed by atoms with Gasteiger partial charge in [-0.05, 0) is 44.1 Å². The molecule has 1 aliphatic heterocycles. The lowest BCUT2D eigenvalue weighted by Gasteiger charge is -2.36. The lowest BCUT2D eigenvalue weighted by Crippen LogP contribution is -2.46. The molecular formula is C16H28Cl3N3. The molecule has 1 heterocycles. The summed E-state index contributed by atoms with van der Waals surface area (Å²) in [7, 11) is 0. The van der Waals surface area contributed by atoms with E-state index in [9.17, 15) is 0 Å². The molecule has 2 N–H and O–H groups in total. The summed E-state index contributed by atoms with van der Waals surface area (Å²) < 4.78 is 0. The van der Waals surface area contributed by atoms with Crippen LogP contribution in [0.2, 0.25) is 5.02 Å². The van der Waals surface area contributed by atoms with Crippen LogP contribution in [0.25, 0.3) is 0 Å².